The number of esters is 1. The van der Waals surface area contributed by atoms with Crippen LogP contribution in [-0.2, 0) is 24.5 Å². The van der Waals surface area contributed by atoms with Crippen molar-refractivity contribution in [2.75, 3.05) is 30.0 Å². The van der Waals surface area contributed by atoms with Crippen LogP contribution >= 0.6 is 11.3 Å². The van der Waals surface area contributed by atoms with Crippen LogP contribution in [0.5, 0.6) is 5.75 Å². The van der Waals surface area contributed by atoms with Crippen LogP contribution in [0.4, 0.5) is 20.4 Å². The minimum Gasteiger partial charge on any atom is -0.491 e. The number of hydrogen-bond acceptors (Lipinski definition) is 11. The van der Waals surface area contributed by atoms with Gasteiger partial charge in [-0.1, -0.05) is 145 Å². The van der Waals surface area contributed by atoms with Crippen LogP contribution in [0.1, 0.15) is 64.5 Å². The molecule has 0 bridgehead atoms. The summed E-state index contributed by atoms with van der Waals surface area (Å²) in [5.41, 5.74) is 7.08. The van der Waals surface area contributed by atoms with Crippen molar-refractivity contribution < 1.29 is 38.6 Å². The van der Waals surface area contributed by atoms with Crippen molar-refractivity contribution in [3.05, 3.63) is 191 Å². The van der Waals surface area contributed by atoms with Crippen molar-refractivity contribution in [2.24, 2.45) is 11.7 Å². The highest BCUT2D eigenvalue weighted by atomic mass is 32.1. The van der Waals surface area contributed by atoms with Gasteiger partial charge in [-0.15, -0.1) is 0 Å². The summed E-state index contributed by atoms with van der Waals surface area (Å²) in [6, 6.07) is 41.5. The Morgan fingerprint density at radius 3 is 2.25 bits per heavy atom. The summed E-state index contributed by atoms with van der Waals surface area (Å²) in [6.07, 6.45) is -0.976. The summed E-state index contributed by atoms with van der Waals surface area (Å²) in [5, 5.41) is 18.9. The Morgan fingerprint density at radius 1 is 0.859 bits per heavy atom. The lowest BCUT2D eigenvalue weighted by Gasteiger charge is -2.46. The van der Waals surface area contributed by atoms with Crippen LogP contribution in [0.15, 0.2) is 158 Å². The van der Waals surface area contributed by atoms with Gasteiger partial charge in [0.15, 0.2) is 5.13 Å². The van der Waals surface area contributed by atoms with E-state index in [0.717, 1.165) is 15.2 Å². The topological polar surface area (TPSA) is 206 Å². The maximum Gasteiger partial charge on any atom is 0.329 e. The molecule has 7 aromatic rings. The summed E-state index contributed by atoms with van der Waals surface area (Å²) in [5.74, 6) is 2.26. The van der Waals surface area contributed by atoms with Gasteiger partial charge in [-0.05, 0) is 65.6 Å². The number of hydrogen-bond donors (Lipinski definition) is 5. The molecule has 1 aromatic heterocycles. The molecule has 2 saturated heterocycles. The van der Waals surface area contributed by atoms with E-state index in [1.807, 2.05) is 120 Å². The van der Waals surface area contributed by atoms with Gasteiger partial charge >= 0.3 is 18.0 Å². The number of urea groups is 2. The van der Waals surface area contributed by atoms with Gasteiger partial charge in [0.05, 0.1) is 53.1 Å². The number of primary amides is 1. The largest absolute Gasteiger partial charge is 0.491 e. The normalized spacial score (nSPS) is 21.6. The third-order valence-corrected chi connectivity index (χ3v) is 14.2. The number of imide groups is 1. The fraction of sp³-hybridized carbons (Fsp3) is 0.200. The number of nitrogens with zero attached hydrogens (tertiary/aromatic N) is 3. The van der Waals surface area contributed by atoms with Crippen LogP contribution in [0.2, 0.25) is 0 Å². The fourth-order valence-electron chi connectivity index (χ4n) is 10.4. The molecule has 6 aromatic carbocycles. The van der Waals surface area contributed by atoms with E-state index in [-0.39, 0.29) is 41.9 Å². The number of cyclic esters (lactones) is 1. The average molecular weight is 966 g/mol. The molecule has 3 aliphatic rings. The fourth-order valence-corrected chi connectivity index (χ4v) is 11.3. The van der Waals surface area contributed by atoms with Crippen molar-refractivity contribution in [1.82, 2.24) is 20.5 Å². The highest BCUT2D eigenvalue weighted by molar-refractivity contribution is 7.22. The van der Waals surface area contributed by atoms with Crippen molar-refractivity contribution in [2.45, 2.75) is 42.6 Å². The zero-order valence-electron chi connectivity index (χ0n) is 38.2. The number of aliphatic hydroxyl groups is 1. The molecule has 71 heavy (non-hydrogen) atoms. The van der Waals surface area contributed by atoms with Gasteiger partial charge in [0.25, 0.3) is 0 Å². The predicted octanol–water partition coefficient (Wildman–Crippen LogP) is 7.46. The molecule has 1 spiro atoms. The third-order valence-electron chi connectivity index (χ3n) is 13.3. The number of carbonyl (C=O) groups excluding carboxylic acids is 5. The SMILES string of the molecule is CC(NC(=O)N1C(=O)C2(c3cc(C#CCNC(N)=O)ccc31)C(C(=O)Nc1nc3ccccc3s1)C1C(=O)OC(c3ccccc3)C(c3ccccc3)N1C2c1ccccc1OCCO)c1ccccc1. The number of morpholine rings is 1. The van der Waals surface area contributed by atoms with Gasteiger partial charge in [0, 0.05) is 11.1 Å². The number of rotatable bonds is 11. The molecule has 2 fully saturated rings. The smallest absolute Gasteiger partial charge is 0.329 e. The number of ether oxygens (including phenoxy) is 2. The standard InChI is InChI=1S/C55H47N7O8S/c1-33(35-17-5-2-6-18-35)58-54(68)61-41-28-27-34(16-15-29-57-52(56)67)32-39(41)55(51(61)66)44(49(64)60-53-59-40-24-12-14-26-43(40)71-53)46-50(65)70-47(37-21-9-4-10-22-37)45(36-19-7-3-8-20-36)62(46)48(55)38-23-11-13-25-42(38)69-31-30-63/h2-14,17-28,32-33,44-48,63H,29-31H2,1H3,(H,58,68)(H3,56,57,67)(H,59,60,64). The number of thiazole rings is 1. The number of nitrogens with one attached hydrogen (secondary N) is 3. The third kappa shape index (κ3) is 8.39. The molecule has 10 rings (SSSR count). The summed E-state index contributed by atoms with van der Waals surface area (Å²) >= 11 is 1.23. The van der Waals surface area contributed by atoms with E-state index < -0.39 is 71.5 Å². The van der Waals surface area contributed by atoms with Crippen molar-refractivity contribution in [3.8, 4) is 17.6 Å². The van der Waals surface area contributed by atoms with Gasteiger partial charge in [-0.25, -0.2) is 19.5 Å². The number of nitrogens with two attached hydrogens (primary N) is 1. The minimum absolute atomic E-state index is 0.102. The molecule has 3 aliphatic heterocycles. The first kappa shape index (κ1) is 46.4. The lowest BCUT2D eigenvalue weighted by Crippen LogP contribution is -2.55. The quantitative estimate of drug-likeness (QED) is 0.0639. The number of carbonyl (C=O) groups is 5. The lowest BCUT2D eigenvalue weighted by atomic mass is 9.65. The molecule has 16 heteroatoms. The van der Waals surface area contributed by atoms with E-state index in [1.165, 1.54) is 11.3 Å². The molecule has 0 aliphatic carbocycles. The number of aliphatic hydroxyl groups excluding tert-OH is 1. The first-order valence-corrected chi connectivity index (χ1v) is 23.8. The van der Waals surface area contributed by atoms with Crippen molar-refractivity contribution in [1.29, 1.82) is 0 Å². The predicted molar refractivity (Wildman–Crippen MR) is 267 cm³/mol. The molecule has 4 heterocycles. The van der Waals surface area contributed by atoms with Crippen LogP contribution in [0.25, 0.3) is 10.2 Å². The number of anilines is 2. The highest BCUT2D eigenvalue weighted by Crippen LogP contribution is 2.66. The van der Waals surface area contributed by atoms with Gasteiger partial charge in [-0.3, -0.25) is 19.3 Å². The molecule has 6 amide bonds. The molecule has 7 atom stereocenters. The van der Waals surface area contributed by atoms with E-state index in [4.69, 9.17) is 20.2 Å². The Bertz CT molecular complexity index is 3200. The lowest BCUT2D eigenvalue weighted by molar-refractivity contribution is -0.177. The Labute approximate surface area is 412 Å². The molecule has 7 unspecified atom stereocenters. The second-order valence-corrected chi connectivity index (χ2v) is 18.4. The minimum atomic E-state index is -2.16. The van der Waals surface area contributed by atoms with E-state index in [2.05, 4.69) is 27.8 Å². The molecular weight excluding hydrogens is 919 g/mol. The summed E-state index contributed by atoms with van der Waals surface area (Å²) in [7, 11) is 0. The monoisotopic (exact) mass is 965 g/mol. The molecule has 6 N–H and O–H groups in total. The van der Waals surface area contributed by atoms with Crippen LogP contribution in [0, 0.1) is 17.8 Å². The second-order valence-electron chi connectivity index (χ2n) is 17.3. The van der Waals surface area contributed by atoms with E-state index >= 15 is 19.2 Å². The summed E-state index contributed by atoms with van der Waals surface area (Å²) < 4.78 is 13.7. The van der Waals surface area contributed by atoms with E-state index in [1.54, 1.807) is 49.4 Å². The highest BCUT2D eigenvalue weighted by Gasteiger charge is 2.76. The average Bonchev–Trinajstić information content (AvgIpc) is 4.03. The van der Waals surface area contributed by atoms with Gasteiger partial charge in [0.1, 0.15) is 29.9 Å². The van der Waals surface area contributed by atoms with Gasteiger partial charge in [0.2, 0.25) is 11.8 Å². The van der Waals surface area contributed by atoms with E-state index in [9.17, 15) is 9.90 Å². The molecule has 356 valence electrons. The zero-order chi connectivity index (χ0) is 49.2. The second kappa shape index (κ2) is 19.6. The Hall–Kier alpha value is -8.36. The first-order chi connectivity index (χ1) is 34.6. The van der Waals surface area contributed by atoms with Crippen molar-refractivity contribution >= 4 is 62.2 Å². The molecule has 0 radical (unpaired) electrons. The summed E-state index contributed by atoms with van der Waals surface area (Å²) in [6.45, 7) is 1.22. The molecule has 15 nitrogen and oxygen atoms in total. The van der Waals surface area contributed by atoms with E-state index in [0.29, 0.717) is 27.8 Å². The molecular formula is C55H47N7O8S. The van der Waals surface area contributed by atoms with Crippen LogP contribution in [-0.4, -0.2) is 70.6 Å². The van der Waals surface area contributed by atoms with Gasteiger partial charge < -0.3 is 36.3 Å². The number of amides is 6. The zero-order valence-corrected chi connectivity index (χ0v) is 39.0. The number of fused-ring (bicyclic) bond motifs is 4. The number of benzene rings is 6. The molecule has 0 saturated carbocycles. The summed E-state index contributed by atoms with van der Waals surface area (Å²) in [4.78, 5) is 82.9. The number of aromatic nitrogens is 1. The van der Waals surface area contributed by atoms with Gasteiger partial charge in [-0.2, -0.15) is 0 Å². The Morgan fingerprint density at radius 2 is 1.54 bits per heavy atom. The first-order valence-electron chi connectivity index (χ1n) is 23.0. The van der Waals surface area contributed by atoms with Crippen LogP contribution in [0.3, 0.4) is 0 Å². The maximum absolute atomic E-state index is 16.8. The number of para-hydroxylation sites is 2. The van der Waals surface area contributed by atoms with Crippen molar-refractivity contribution in [3.63, 3.8) is 0 Å². The van der Waals surface area contributed by atoms with Crippen LogP contribution < -0.4 is 31.3 Å². The Balaban J connectivity index is 1.27. The maximum atomic E-state index is 16.8. The Kier molecular flexibility index (Phi) is 12.8.